The minimum atomic E-state index is -3.72. The summed E-state index contributed by atoms with van der Waals surface area (Å²) in [6.07, 6.45) is -1.70. The topological polar surface area (TPSA) is 44.0 Å². The van der Waals surface area contributed by atoms with Gasteiger partial charge in [-0.25, -0.2) is 0 Å². The van der Waals surface area contributed by atoms with Crippen molar-refractivity contribution in [2.24, 2.45) is 5.41 Å². The molecular formula is C13H15F2NO. The molecule has 0 aliphatic carbocycles. The van der Waals surface area contributed by atoms with Crippen molar-refractivity contribution in [3.05, 3.63) is 35.9 Å². The van der Waals surface area contributed by atoms with Crippen molar-refractivity contribution in [2.75, 3.05) is 0 Å². The minimum Gasteiger partial charge on any atom is -0.385 e. The van der Waals surface area contributed by atoms with Crippen molar-refractivity contribution in [1.82, 2.24) is 0 Å². The predicted molar refractivity (Wildman–Crippen MR) is 60.5 cm³/mol. The molecule has 4 heteroatoms. The fourth-order valence-electron chi connectivity index (χ4n) is 1.77. The number of nitriles is 1. The molecule has 0 aliphatic rings. The Morgan fingerprint density at radius 2 is 1.82 bits per heavy atom. The molecule has 0 radical (unpaired) electrons. The van der Waals surface area contributed by atoms with E-state index in [0.717, 1.165) is 11.6 Å². The third-order valence-electron chi connectivity index (χ3n) is 2.74. The van der Waals surface area contributed by atoms with Gasteiger partial charge in [0.25, 0.3) is 0 Å². The summed E-state index contributed by atoms with van der Waals surface area (Å²) in [5.74, 6) is -3.72. The van der Waals surface area contributed by atoms with Gasteiger partial charge in [-0.15, -0.1) is 0 Å². The molecule has 1 unspecified atom stereocenters. The van der Waals surface area contributed by atoms with Gasteiger partial charge >= 0.3 is 5.92 Å². The lowest BCUT2D eigenvalue weighted by molar-refractivity contribution is -0.116. The molecule has 1 N–H and O–H groups in total. The fourth-order valence-corrected chi connectivity index (χ4v) is 1.77. The van der Waals surface area contributed by atoms with Gasteiger partial charge < -0.3 is 5.11 Å². The highest BCUT2D eigenvalue weighted by molar-refractivity contribution is 5.17. The summed E-state index contributed by atoms with van der Waals surface area (Å²) in [6, 6.07) is 9.90. The molecule has 0 fully saturated rings. The van der Waals surface area contributed by atoms with Crippen molar-refractivity contribution < 1.29 is 13.9 Å². The quantitative estimate of drug-likeness (QED) is 0.878. The van der Waals surface area contributed by atoms with Crippen LogP contribution in [0.2, 0.25) is 0 Å². The molecular weight excluding hydrogens is 224 g/mol. The maximum atomic E-state index is 13.1. The Bertz CT molecular complexity index is 409. The number of nitrogens with zero attached hydrogens (tertiary/aromatic N) is 1. The van der Waals surface area contributed by atoms with Gasteiger partial charge in [-0.3, -0.25) is 0 Å². The van der Waals surface area contributed by atoms with Crippen molar-refractivity contribution in [3.63, 3.8) is 0 Å². The second kappa shape index (κ2) is 4.80. The summed E-state index contributed by atoms with van der Waals surface area (Å²) in [6.45, 7) is 3.05. The van der Waals surface area contributed by atoms with E-state index >= 15 is 0 Å². The average Bonchev–Trinajstić information content (AvgIpc) is 2.28. The summed E-state index contributed by atoms with van der Waals surface area (Å²) >= 11 is 0. The average molecular weight is 239 g/mol. The Labute approximate surface area is 99.5 Å². The third kappa shape index (κ3) is 3.24. The second-order valence-electron chi connectivity index (χ2n) is 4.79. The van der Waals surface area contributed by atoms with Crippen LogP contribution >= 0.6 is 0 Å². The van der Waals surface area contributed by atoms with Gasteiger partial charge in [0.2, 0.25) is 0 Å². The van der Waals surface area contributed by atoms with E-state index in [1.54, 1.807) is 24.3 Å². The fraction of sp³-hybridized carbons (Fsp3) is 0.462. The lowest BCUT2D eigenvalue weighted by Crippen LogP contribution is -2.44. The highest BCUT2D eigenvalue weighted by Crippen LogP contribution is 2.34. The number of hydrogen-bond donors (Lipinski definition) is 1. The Hall–Kier alpha value is -1.47. The van der Waals surface area contributed by atoms with Gasteiger partial charge in [-0.2, -0.15) is 14.0 Å². The van der Waals surface area contributed by atoms with Gasteiger partial charge in [-0.1, -0.05) is 44.2 Å². The number of benzene rings is 1. The van der Waals surface area contributed by atoms with Crippen LogP contribution in [0.5, 0.6) is 0 Å². The lowest BCUT2D eigenvalue weighted by atomic mass is 9.78. The molecule has 1 aromatic carbocycles. The Morgan fingerprint density at radius 3 is 2.29 bits per heavy atom. The van der Waals surface area contributed by atoms with E-state index in [9.17, 15) is 13.9 Å². The van der Waals surface area contributed by atoms with Crippen LogP contribution in [0.15, 0.2) is 30.3 Å². The molecule has 0 spiro atoms. The predicted octanol–water partition coefficient (Wildman–Crippen LogP) is 2.78. The van der Waals surface area contributed by atoms with E-state index in [4.69, 9.17) is 5.26 Å². The first kappa shape index (κ1) is 13.6. The van der Waals surface area contributed by atoms with Crippen LogP contribution in [0.4, 0.5) is 8.78 Å². The largest absolute Gasteiger partial charge is 0.385 e. The number of hydrogen-bond acceptors (Lipinski definition) is 2. The molecule has 0 saturated heterocycles. The highest BCUT2D eigenvalue weighted by Gasteiger charge is 2.47. The zero-order valence-corrected chi connectivity index (χ0v) is 9.82. The summed E-state index contributed by atoms with van der Waals surface area (Å²) in [7, 11) is 0. The van der Waals surface area contributed by atoms with E-state index in [1.807, 2.05) is 6.07 Å². The van der Waals surface area contributed by atoms with E-state index in [0.29, 0.717) is 0 Å². The summed E-state index contributed by atoms with van der Waals surface area (Å²) in [5, 5.41) is 17.9. The second-order valence-corrected chi connectivity index (χ2v) is 4.79. The van der Waals surface area contributed by atoms with E-state index in [2.05, 4.69) is 0 Å². The van der Waals surface area contributed by atoms with E-state index < -0.39 is 17.4 Å². The van der Waals surface area contributed by atoms with Crippen LogP contribution in [-0.4, -0.2) is 17.1 Å². The zero-order chi connectivity index (χ0) is 13.1. The molecule has 0 saturated carbocycles. The van der Waals surface area contributed by atoms with Crippen LogP contribution in [0.1, 0.15) is 19.4 Å². The Morgan fingerprint density at radius 1 is 1.29 bits per heavy atom. The molecule has 17 heavy (non-hydrogen) atoms. The molecule has 0 heterocycles. The zero-order valence-electron chi connectivity index (χ0n) is 9.82. The van der Waals surface area contributed by atoms with Crippen molar-refractivity contribution >= 4 is 0 Å². The Kier molecular flexibility index (Phi) is 3.84. The minimum absolute atomic E-state index is 0.284. The Balaban J connectivity index is 2.86. The van der Waals surface area contributed by atoms with Crippen LogP contribution in [0, 0.1) is 16.7 Å². The molecule has 92 valence electrons. The normalized spacial score (nSPS) is 14.1. The van der Waals surface area contributed by atoms with Crippen LogP contribution in [-0.2, 0) is 6.42 Å². The highest BCUT2D eigenvalue weighted by atomic mass is 19.3. The van der Waals surface area contributed by atoms with Crippen molar-refractivity contribution in [1.29, 1.82) is 5.26 Å². The van der Waals surface area contributed by atoms with Gasteiger partial charge in [-0.05, 0) is 12.0 Å². The summed E-state index contributed by atoms with van der Waals surface area (Å²) < 4.78 is 26.3. The number of halogens is 2. The molecule has 1 rings (SSSR count). The SMILES string of the molecule is CC(C)(Cc1ccccc1)C(O)C(F)(F)C#N. The summed E-state index contributed by atoms with van der Waals surface area (Å²) in [5.41, 5.74) is -0.217. The molecule has 1 atom stereocenters. The van der Waals surface area contributed by atoms with Crippen molar-refractivity contribution in [2.45, 2.75) is 32.3 Å². The van der Waals surface area contributed by atoms with Gasteiger partial charge in [0.15, 0.2) is 0 Å². The van der Waals surface area contributed by atoms with Crippen LogP contribution in [0.3, 0.4) is 0 Å². The number of alkyl halides is 2. The first-order valence-electron chi connectivity index (χ1n) is 5.30. The van der Waals surface area contributed by atoms with E-state index in [-0.39, 0.29) is 6.42 Å². The molecule has 0 aromatic heterocycles. The standard InChI is InChI=1S/C13H15F2NO/c1-12(2,11(17)13(14,15)9-16)8-10-6-4-3-5-7-10/h3-7,11,17H,8H2,1-2H3. The first-order chi connectivity index (χ1) is 7.79. The van der Waals surface area contributed by atoms with Gasteiger partial charge in [0.1, 0.15) is 12.2 Å². The molecule has 2 nitrogen and oxygen atoms in total. The maximum Gasteiger partial charge on any atom is 0.357 e. The molecule has 0 bridgehead atoms. The smallest absolute Gasteiger partial charge is 0.357 e. The number of aliphatic hydroxyl groups is 1. The summed E-state index contributed by atoms with van der Waals surface area (Å²) in [4.78, 5) is 0. The molecule has 0 aliphatic heterocycles. The number of aliphatic hydroxyl groups excluding tert-OH is 1. The third-order valence-corrected chi connectivity index (χ3v) is 2.74. The van der Waals surface area contributed by atoms with Gasteiger partial charge in [0.05, 0.1) is 0 Å². The molecule has 1 aromatic rings. The van der Waals surface area contributed by atoms with Gasteiger partial charge in [0, 0.05) is 5.41 Å². The van der Waals surface area contributed by atoms with Crippen LogP contribution in [0.25, 0.3) is 0 Å². The molecule has 0 amide bonds. The monoisotopic (exact) mass is 239 g/mol. The number of rotatable bonds is 4. The lowest BCUT2D eigenvalue weighted by Gasteiger charge is -2.32. The van der Waals surface area contributed by atoms with Crippen LogP contribution < -0.4 is 0 Å². The maximum absolute atomic E-state index is 13.1. The van der Waals surface area contributed by atoms with Crippen molar-refractivity contribution in [3.8, 4) is 6.07 Å². The first-order valence-corrected chi connectivity index (χ1v) is 5.30. The van der Waals surface area contributed by atoms with E-state index in [1.165, 1.54) is 13.8 Å².